The summed E-state index contributed by atoms with van der Waals surface area (Å²) in [4.78, 5) is 24.4. The third kappa shape index (κ3) is 51.7. The van der Waals surface area contributed by atoms with Crippen molar-refractivity contribution in [2.24, 2.45) is 0 Å². The zero-order valence-electron chi connectivity index (χ0n) is 44.4. The van der Waals surface area contributed by atoms with Crippen LogP contribution in [0, 0.1) is 0 Å². The molecule has 0 saturated heterocycles. The molecule has 0 spiro atoms. The van der Waals surface area contributed by atoms with Crippen molar-refractivity contribution in [3.63, 3.8) is 0 Å². The molecule has 0 aromatic heterocycles. The Hall–Kier alpha value is -1.66. The fourth-order valence-electron chi connectivity index (χ4n) is 9.16. The molecule has 2 unspecified atom stereocenters. The van der Waals surface area contributed by atoms with Crippen molar-refractivity contribution >= 4 is 11.9 Å². The molecule has 0 heterocycles. The van der Waals surface area contributed by atoms with Crippen molar-refractivity contribution in [1.82, 2.24) is 5.32 Å². The molecular formula is C60H115NO5. The van der Waals surface area contributed by atoms with Crippen LogP contribution in [0.15, 0.2) is 24.3 Å². The van der Waals surface area contributed by atoms with Crippen molar-refractivity contribution in [2.75, 3.05) is 13.2 Å². The summed E-state index contributed by atoms with van der Waals surface area (Å²) in [6.07, 6.45) is 67.8. The number of rotatable bonds is 55. The molecule has 0 bridgehead atoms. The number of aliphatic hydroxyl groups excluding tert-OH is 2. The predicted octanol–water partition coefficient (Wildman–Crippen LogP) is 18.2. The number of unbranched alkanes of at least 4 members (excludes halogenated alkanes) is 42. The van der Waals surface area contributed by atoms with Crippen LogP contribution in [0.5, 0.6) is 0 Å². The smallest absolute Gasteiger partial charge is 0.305 e. The maximum absolute atomic E-state index is 12.5. The highest BCUT2D eigenvalue weighted by atomic mass is 16.5. The minimum atomic E-state index is -0.847. The summed E-state index contributed by atoms with van der Waals surface area (Å²) in [5, 5.41) is 23.1. The minimum Gasteiger partial charge on any atom is -0.466 e. The van der Waals surface area contributed by atoms with Gasteiger partial charge in [0.1, 0.15) is 0 Å². The molecule has 66 heavy (non-hydrogen) atoms. The lowest BCUT2D eigenvalue weighted by Gasteiger charge is -2.20. The molecule has 6 heteroatoms. The number of carbonyl (C=O) groups is 2. The summed E-state index contributed by atoms with van der Waals surface area (Å²) in [5.41, 5.74) is 0. The molecule has 1 amide bonds. The number of amides is 1. The van der Waals surface area contributed by atoms with E-state index in [-0.39, 0.29) is 18.5 Å². The first kappa shape index (κ1) is 64.3. The number of esters is 1. The Bertz CT molecular complexity index is 1030. The average molecular weight is 931 g/mol. The normalized spacial score (nSPS) is 12.7. The number of ether oxygens (including phenoxy) is 1. The van der Waals surface area contributed by atoms with E-state index in [1.165, 1.54) is 250 Å². The molecule has 0 aromatic carbocycles. The minimum absolute atomic E-state index is 0.0107. The molecule has 0 fully saturated rings. The van der Waals surface area contributed by atoms with E-state index >= 15 is 0 Å². The number of hydrogen-bond acceptors (Lipinski definition) is 5. The molecule has 0 rings (SSSR count). The molecule has 390 valence electrons. The standard InChI is InChI=1S/C60H115NO5/c1-3-5-7-9-11-13-15-16-26-29-33-36-40-44-48-52-58(63)57(56-62)61-59(64)53-49-45-41-37-34-30-27-24-22-20-18-17-19-21-23-25-28-31-35-39-43-47-51-55-66-60(65)54-50-46-42-38-32-14-12-10-8-6-4-2/h20,22,48,52,57-58,62-63H,3-19,21,23-47,49-51,53-56H2,1-2H3,(H,61,64)/b22-20-,52-48+. The lowest BCUT2D eigenvalue weighted by molar-refractivity contribution is -0.143. The van der Waals surface area contributed by atoms with Crippen LogP contribution < -0.4 is 5.32 Å². The topological polar surface area (TPSA) is 95.9 Å². The number of hydrogen-bond donors (Lipinski definition) is 3. The molecule has 0 aliphatic heterocycles. The summed E-state index contributed by atoms with van der Waals surface area (Å²) in [6, 6.07) is -0.631. The van der Waals surface area contributed by atoms with Crippen LogP contribution in [0.2, 0.25) is 0 Å². The van der Waals surface area contributed by atoms with Crippen molar-refractivity contribution < 1.29 is 24.5 Å². The van der Waals surface area contributed by atoms with E-state index < -0.39 is 12.1 Å². The van der Waals surface area contributed by atoms with Crippen LogP contribution in [0.1, 0.15) is 322 Å². The van der Waals surface area contributed by atoms with Crippen molar-refractivity contribution in [3.8, 4) is 0 Å². The first-order chi connectivity index (χ1) is 32.5. The van der Waals surface area contributed by atoms with Crippen LogP contribution in [-0.4, -0.2) is 47.4 Å². The second kappa shape index (κ2) is 55.9. The lowest BCUT2D eigenvalue weighted by atomic mass is 10.0. The van der Waals surface area contributed by atoms with Gasteiger partial charge < -0.3 is 20.3 Å². The highest BCUT2D eigenvalue weighted by Crippen LogP contribution is 2.17. The van der Waals surface area contributed by atoms with Gasteiger partial charge in [-0.3, -0.25) is 9.59 Å². The van der Waals surface area contributed by atoms with E-state index in [0.717, 1.165) is 44.9 Å². The van der Waals surface area contributed by atoms with Gasteiger partial charge >= 0.3 is 5.97 Å². The van der Waals surface area contributed by atoms with Crippen LogP contribution in [0.4, 0.5) is 0 Å². The number of allylic oxidation sites excluding steroid dienone is 3. The summed E-state index contributed by atoms with van der Waals surface area (Å²) in [5.74, 6) is -0.0623. The fourth-order valence-corrected chi connectivity index (χ4v) is 9.16. The molecule has 2 atom stereocenters. The zero-order valence-corrected chi connectivity index (χ0v) is 44.4. The average Bonchev–Trinajstić information content (AvgIpc) is 3.32. The second-order valence-corrected chi connectivity index (χ2v) is 20.3. The van der Waals surface area contributed by atoms with Gasteiger partial charge in [0, 0.05) is 12.8 Å². The maximum Gasteiger partial charge on any atom is 0.305 e. The molecular weight excluding hydrogens is 815 g/mol. The first-order valence-corrected chi connectivity index (χ1v) is 29.6. The van der Waals surface area contributed by atoms with Crippen LogP contribution in [-0.2, 0) is 14.3 Å². The lowest BCUT2D eigenvalue weighted by Crippen LogP contribution is -2.45. The third-order valence-electron chi connectivity index (χ3n) is 13.7. The fraction of sp³-hybridized carbons (Fsp3) is 0.900. The Morgan fingerprint density at radius 2 is 0.712 bits per heavy atom. The van der Waals surface area contributed by atoms with Gasteiger partial charge in [0.2, 0.25) is 5.91 Å². The van der Waals surface area contributed by atoms with E-state index in [1.54, 1.807) is 6.08 Å². The monoisotopic (exact) mass is 930 g/mol. The van der Waals surface area contributed by atoms with E-state index in [9.17, 15) is 19.8 Å². The van der Waals surface area contributed by atoms with Gasteiger partial charge in [0.25, 0.3) is 0 Å². The molecule has 0 radical (unpaired) electrons. The van der Waals surface area contributed by atoms with E-state index in [0.29, 0.717) is 19.4 Å². The predicted molar refractivity (Wildman–Crippen MR) is 287 cm³/mol. The molecule has 0 aromatic rings. The number of aliphatic hydroxyl groups is 2. The SMILES string of the molecule is CCCCCCCCCCCCCCC/C=C/C(O)C(CO)NC(=O)CCCCCCCCC/C=C\CCCCCCCCCCCCCCOC(=O)CCCCCCCCCCCCC. The highest BCUT2D eigenvalue weighted by molar-refractivity contribution is 5.76. The maximum atomic E-state index is 12.5. The van der Waals surface area contributed by atoms with Crippen molar-refractivity contribution in [1.29, 1.82) is 0 Å². The molecule has 0 aliphatic carbocycles. The van der Waals surface area contributed by atoms with Gasteiger partial charge in [-0.2, -0.15) is 0 Å². The number of carbonyl (C=O) groups excluding carboxylic acids is 2. The van der Waals surface area contributed by atoms with Gasteiger partial charge in [0.05, 0.1) is 25.4 Å². The van der Waals surface area contributed by atoms with Gasteiger partial charge in [-0.05, 0) is 57.8 Å². The molecule has 3 N–H and O–H groups in total. The van der Waals surface area contributed by atoms with Crippen molar-refractivity contribution in [3.05, 3.63) is 24.3 Å². The van der Waals surface area contributed by atoms with Gasteiger partial charge in [-0.15, -0.1) is 0 Å². The Morgan fingerprint density at radius 1 is 0.409 bits per heavy atom. The van der Waals surface area contributed by atoms with Gasteiger partial charge in [0.15, 0.2) is 0 Å². The third-order valence-corrected chi connectivity index (χ3v) is 13.7. The van der Waals surface area contributed by atoms with E-state index in [4.69, 9.17) is 4.74 Å². The van der Waals surface area contributed by atoms with Gasteiger partial charge in [-0.25, -0.2) is 0 Å². The number of nitrogens with one attached hydrogen (secondary N) is 1. The molecule has 0 aliphatic rings. The summed E-state index contributed by atoms with van der Waals surface area (Å²) in [7, 11) is 0. The second-order valence-electron chi connectivity index (χ2n) is 20.3. The van der Waals surface area contributed by atoms with Crippen LogP contribution in [0.25, 0.3) is 0 Å². The summed E-state index contributed by atoms with van der Waals surface area (Å²) < 4.78 is 5.46. The van der Waals surface area contributed by atoms with Crippen molar-refractivity contribution in [2.45, 2.75) is 334 Å². The largest absolute Gasteiger partial charge is 0.466 e. The van der Waals surface area contributed by atoms with Crippen LogP contribution >= 0.6 is 0 Å². The quantitative estimate of drug-likeness (QED) is 0.0321. The first-order valence-electron chi connectivity index (χ1n) is 29.6. The van der Waals surface area contributed by atoms with E-state index in [1.807, 2.05) is 6.08 Å². The molecule has 6 nitrogen and oxygen atoms in total. The summed E-state index contributed by atoms with van der Waals surface area (Å²) >= 11 is 0. The molecule has 0 saturated carbocycles. The van der Waals surface area contributed by atoms with E-state index in [2.05, 4.69) is 31.3 Å². The Kier molecular flexibility index (Phi) is 54.5. The van der Waals surface area contributed by atoms with Crippen LogP contribution in [0.3, 0.4) is 0 Å². The highest BCUT2D eigenvalue weighted by Gasteiger charge is 2.18. The Labute approximate surface area is 411 Å². The summed E-state index contributed by atoms with van der Waals surface area (Å²) in [6.45, 7) is 4.91. The Balaban J connectivity index is 3.44. The van der Waals surface area contributed by atoms with Gasteiger partial charge in [-0.1, -0.05) is 276 Å². The zero-order chi connectivity index (χ0) is 47.9. The Morgan fingerprint density at radius 3 is 1.08 bits per heavy atom.